The number of benzene rings is 1. The molecular formula is C12H16N2O. The van der Waals surface area contributed by atoms with E-state index in [0.29, 0.717) is 5.92 Å². The maximum atomic E-state index is 11.8. The van der Waals surface area contributed by atoms with Gasteiger partial charge < -0.3 is 10.6 Å². The number of amides is 1. The SMILES string of the molecule is CC(C(=O)Nc1ccccc1)C1CNC1. The molecule has 2 N–H and O–H groups in total. The van der Waals surface area contributed by atoms with Crippen LogP contribution in [0.25, 0.3) is 0 Å². The van der Waals surface area contributed by atoms with E-state index in [1.807, 2.05) is 37.3 Å². The summed E-state index contributed by atoms with van der Waals surface area (Å²) < 4.78 is 0. The molecule has 1 aliphatic heterocycles. The fourth-order valence-electron chi connectivity index (χ4n) is 1.66. The summed E-state index contributed by atoms with van der Waals surface area (Å²) in [5.41, 5.74) is 0.877. The molecule has 1 heterocycles. The molecule has 1 aromatic rings. The Morgan fingerprint density at radius 2 is 2.07 bits per heavy atom. The number of hydrogen-bond acceptors (Lipinski definition) is 2. The van der Waals surface area contributed by atoms with E-state index in [-0.39, 0.29) is 11.8 Å². The number of rotatable bonds is 3. The van der Waals surface area contributed by atoms with Crippen LogP contribution in [0.2, 0.25) is 0 Å². The van der Waals surface area contributed by atoms with Gasteiger partial charge in [-0.15, -0.1) is 0 Å². The van der Waals surface area contributed by atoms with Gasteiger partial charge in [0.25, 0.3) is 0 Å². The Labute approximate surface area is 89.9 Å². The summed E-state index contributed by atoms with van der Waals surface area (Å²) in [7, 11) is 0. The summed E-state index contributed by atoms with van der Waals surface area (Å²) in [5.74, 6) is 0.702. The Bertz CT molecular complexity index is 333. The predicted octanol–water partition coefficient (Wildman–Crippen LogP) is 1.48. The minimum absolute atomic E-state index is 0.0893. The molecule has 80 valence electrons. The lowest BCUT2D eigenvalue weighted by Gasteiger charge is -2.31. The van der Waals surface area contributed by atoms with Crippen LogP contribution in [0.4, 0.5) is 5.69 Å². The molecule has 0 aromatic heterocycles. The van der Waals surface area contributed by atoms with Crippen LogP contribution < -0.4 is 10.6 Å². The Balaban J connectivity index is 1.91. The molecule has 0 bridgehead atoms. The molecule has 1 aliphatic rings. The highest BCUT2D eigenvalue weighted by Crippen LogP contribution is 2.18. The maximum Gasteiger partial charge on any atom is 0.227 e. The van der Waals surface area contributed by atoms with Crippen molar-refractivity contribution < 1.29 is 4.79 Å². The van der Waals surface area contributed by atoms with Gasteiger partial charge in [-0.1, -0.05) is 25.1 Å². The minimum Gasteiger partial charge on any atom is -0.326 e. The topological polar surface area (TPSA) is 41.1 Å². The third-order valence-electron chi connectivity index (χ3n) is 2.98. The Morgan fingerprint density at radius 3 is 2.60 bits per heavy atom. The van der Waals surface area contributed by atoms with Crippen LogP contribution >= 0.6 is 0 Å². The molecule has 1 saturated heterocycles. The van der Waals surface area contributed by atoms with Crippen LogP contribution in [0, 0.1) is 11.8 Å². The number of anilines is 1. The van der Waals surface area contributed by atoms with Crippen molar-refractivity contribution in [2.24, 2.45) is 11.8 Å². The van der Waals surface area contributed by atoms with Gasteiger partial charge in [-0.05, 0) is 31.1 Å². The Hall–Kier alpha value is -1.35. The van der Waals surface area contributed by atoms with E-state index in [1.165, 1.54) is 0 Å². The van der Waals surface area contributed by atoms with Crippen molar-refractivity contribution >= 4 is 11.6 Å². The summed E-state index contributed by atoms with van der Waals surface area (Å²) in [5, 5.41) is 6.10. The number of para-hydroxylation sites is 1. The standard InChI is InChI=1S/C12H16N2O/c1-9(10-7-13-8-10)12(15)14-11-5-3-2-4-6-11/h2-6,9-10,13H,7-8H2,1H3,(H,14,15). The molecule has 1 unspecified atom stereocenters. The van der Waals surface area contributed by atoms with Crippen molar-refractivity contribution in [2.75, 3.05) is 18.4 Å². The largest absolute Gasteiger partial charge is 0.326 e. The molecule has 1 amide bonds. The van der Waals surface area contributed by atoms with E-state index in [9.17, 15) is 4.79 Å². The third kappa shape index (κ3) is 2.36. The van der Waals surface area contributed by atoms with E-state index in [0.717, 1.165) is 18.8 Å². The quantitative estimate of drug-likeness (QED) is 0.783. The van der Waals surface area contributed by atoms with Gasteiger partial charge in [0, 0.05) is 11.6 Å². The Morgan fingerprint density at radius 1 is 1.40 bits per heavy atom. The monoisotopic (exact) mass is 204 g/mol. The van der Waals surface area contributed by atoms with E-state index < -0.39 is 0 Å². The van der Waals surface area contributed by atoms with Crippen LogP contribution in [0.3, 0.4) is 0 Å². The van der Waals surface area contributed by atoms with Gasteiger partial charge in [-0.2, -0.15) is 0 Å². The van der Waals surface area contributed by atoms with Crippen LogP contribution in [-0.2, 0) is 4.79 Å². The predicted molar refractivity (Wildman–Crippen MR) is 60.6 cm³/mol. The summed E-state index contributed by atoms with van der Waals surface area (Å²) in [6.07, 6.45) is 0. The van der Waals surface area contributed by atoms with Gasteiger partial charge in [0.15, 0.2) is 0 Å². The first-order chi connectivity index (χ1) is 7.27. The normalized spacial score (nSPS) is 17.9. The van der Waals surface area contributed by atoms with Crippen LogP contribution in [0.5, 0.6) is 0 Å². The molecule has 0 saturated carbocycles. The van der Waals surface area contributed by atoms with Crippen molar-refractivity contribution in [3.05, 3.63) is 30.3 Å². The van der Waals surface area contributed by atoms with Crippen LogP contribution in [0.15, 0.2) is 30.3 Å². The zero-order valence-corrected chi connectivity index (χ0v) is 8.86. The van der Waals surface area contributed by atoms with Crippen molar-refractivity contribution in [2.45, 2.75) is 6.92 Å². The van der Waals surface area contributed by atoms with Crippen molar-refractivity contribution in [3.63, 3.8) is 0 Å². The summed E-state index contributed by atoms with van der Waals surface area (Å²) in [6, 6.07) is 9.60. The van der Waals surface area contributed by atoms with E-state index >= 15 is 0 Å². The fourth-order valence-corrected chi connectivity index (χ4v) is 1.66. The first-order valence-electron chi connectivity index (χ1n) is 5.34. The number of nitrogens with one attached hydrogen (secondary N) is 2. The molecule has 15 heavy (non-hydrogen) atoms. The molecule has 2 rings (SSSR count). The molecule has 1 atom stereocenters. The van der Waals surface area contributed by atoms with Gasteiger partial charge in [-0.3, -0.25) is 4.79 Å². The van der Waals surface area contributed by atoms with Crippen molar-refractivity contribution in [3.8, 4) is 0 Å². The van der Waals surface area contributed by atoms with Crippen LogP contribution in [-0.4, -0.2) is 19.0 Å². The summed E-state index contributed by atoms with van der Waals surface area (Å²) >= 11 is 0. The summed E-state index contributed by atoms with van der Waals surface area (Å²) in [6.45, 7) is 3.91. The average molecular weight is 204 g/mol. The summed E-state index contributed by atoms with van der Waals surface area (Å²) in [4.78, 5) is 11.8. The molecule has 0 aliphatic carbocycles. The van der Waals surface area contributed by atoms with Gasteiger partial charge in [-0.25, -0.2) is 0 Å². The van der Waals surface area contributed by atoms with Crippen LogP contribution in [0.1, 0.15) is 6.92 Å². The zero-order valence-electron chi connectivity index (χ0n) is 8.86. The van der Waals surface area contributed by atoms with Gasteiger partial charge in [0.1, 0.15) is 0 Å². The third-order valence-corrected chi connectivity index (χ3v) is 2.98. The van der Waals surface area contributed by atoms with E-state index in [2.05, 4.69) is 10.6 Å². The lowest BCUT2D eigenvalue weighted by Crippen LogP contribution is -2.48. The lowest BCUT2D eigenvalue weighted by atomic mass is 9.88. The van der Waals surface area contributed by atoms with Crippen molar-refractivity contribution in [1.82, 2.24) is 5.32 Å². The van der Waals surface area contributed by atoms with Crippen molar-refractivity contribution in [1.29, 1.82) is 0 Å². The number of hydrogen-bond donors (Lipinski definition) is 2. The smallest absolute Gasteiger partial charge is 0.227 e. The second-order valence-corrected chi connectivity index (χ2v) is 4.06. The molecule has 1 fully saturated rings. The molecule has 1 aromatic carbocycles. The first kappa shape index (κ1) is 10.2. The number of carbonyl (C=O) groups excluding carboxylic acids is 1. The van der Waals surface area contributed by atoms with Gasteiger partial charge in [0.05, 0.1) is 0 Å². The molecule has 0 radical (unpaired) electrons. The highest BCUT2D eigenvalue weighted by molar-refractivity contribution is 5.92. The number of carbonyl (C=O) groups is 1. The molecule has 3 heteroatoms. The van der Waals surface area contributed by atoms with E-state index in [1.54, 1.807) is 0 Å². The lowest BCUT2D eigenvalue weighted by molar-refractivity contribution is -0.121. The van der Waals surface area contributed by atoms with E-state index in [4.69, 9.17) is 0 Å². The maximum absolute atomic E-state index is 11.8. The fraction of sp³-hybridized carbons (Fsp3) is 0.417. The Kier molecular flexibility index (Phi) is 3.02. The molecule has 0 spiro atoms. The minimum atomic E-state index is 0.0893. The zero-order chi connectivity index (χ0) is 10.7. The van der Waals surface area contributed by atoms with Gasteiger partial charge >= 0.3 is 0 Å². The second-order valence-electron chi connectivity index (χ2n) is 4.06. The second kappa shape index (κ2) is 4.45. The average Bonchev–Trinajstić information content (AvgIpc) is 2.16. The first-order valence-corrected chi connectivity index (χ1v) is 5.34. The molecule has 3 nitrogen and oxygen atoms in total. The molecular weight excluding hydrogens is 188 g/mol. The highest BCUT2D eigenvalue weighted by Gasteiger charge is 2.28. The van der Waals surface area contributed by atoms with Gasteiger partial charge in [0.2, 0.25) is 5.91 Å². The highest BCUT2D eigenvalue weighted by atomic mass is 16.1.